The van der Waals surface area contributed by atoms with Gasteiger partial charge in [-0.1, -0.05) is 57.3 Å². The van der Waals surface area contributed by atoms with Gasteiger partial charge < -0.3 is 0 Å². The van der Waals surface area contributed by atoms with Crippen LogP contribution < -0.4 is 0 Å². The van der Waals surface area contributed by atoms with Gasteiger partial charge >= 0.3 is 0 Å². The van der Waals surface area contributed by atoms with Crippen molar-refractivity contribution in [2.45, 2.75) is 26.2 Å². The molecule has 0 radical (unpaired) electrons. The van der Waals surface area contributed by atoms with Crippen molar-refractivity contribution >= 4 is 12.2 Å². The van der Waals surface area contributed by atoms with E-state index in [0.29, 0.717) is 4.64 Å². The van der Waals surface area contributed by atoms with Crippen LogP contribution in [0, 0.1) is 4.64 Å². The predicted octanol–water partition coefficient (Wildman–Crippen LogP) is 4.10. The maximum absolute atomic E-state index is 4.97. The number of aromatic nitrogens is 2. The van der Waals surface area contributed by atoms with Crippen molar-refractivity contribution in [3.63, 3.8) is 0 Å². The molecule has 0 spiro atoms. The Morgan fingerprint density at radius 2 is 1.65 bits per heavy atom. The average molecular weight is 244 g/mol. The van der Waals surface area contributed by atoms with E-state index < -0.39 is 0 Å². The monoisotopic (exact) mass is 244 g/mol. The molecular formula is C14H16N2S. The Bertz CT molecular complexity index is 542. The van der Waals surface area contributed by atoms with Crippen LogP contribution in [0.3, 0.4) is 0 Å². The zero-order chi connectivity index (χ0) is 12.5. The first kappa shape index (κ1) is 12.0. The molecule has 0 aliphatic carbocycles. The van der Waals surface area contributed by atoms with Crippen LogP contribution in [0.5, 0.6) is 0 Å². The lowest BCUT2D eigenvalue weighted by molar-refractivity contribution is 0.590. The molecule has 0 bridgehead atoms. The van der Waals surface area contributed by atoms with Crippen LogP contribution in [0.15, 0.2) is 36.4 Å². The molecule has 1 aromatic heterocycles. The minimum Gasteiger partial charge on any atom is -0.267 e. The molecule has 2 aromatic rings. The molecule has 1 heterocycles. The van der Waals surface area contributed by atoms with E-state index in [0.717, 1.165) is 11.3 Å². The van der Waals surface area contributed by atoms with Gasteiger partial charge in [0.2, 0.25) is 0 Å². The molecule has 0 aliphatic heterocycles. The van der Waals surface area contributed by atoms with Crippen LogP contribution in [0.25, 0.3) is 11.3 Å². The molecule has 0 saturated carbocycles. The lowest BCUT2D eigenvalue weighted by Crippen LogP contribution is -2.10. The number of nitrogens with zero attached hydrogens (tertiary/aromatic N) is 1. The molecule has 1 N–H and O–H groups in total. The lowest BCUT2D eigenvalue weighted by atomic mass is 9.86. The minimum absolute atomic E-state index is 0.183. The first-order valence-electron chi connectivity index (χ1n) is 5.63. The van der Waals surface area contributed by atoms with E-state index in [1.165, 1.54) is 5.56 Å². The SMILES string of the molecule is CC(C)(C)c1ccc(-c2ccc(=S)[nH]n2)cc1. The van der Waals surface area contributed by atoms with Gasteiger partial charge in [0.15, 0.2) is 0 Å². The van der Waals surface area contributed by atoms with Crippen LogP contribution in [-0.4, -0.2) is 10.2 Å². The second kappa shape index (κ2) is 4.41. The van der Waals surface area contributed by atoms with Crippen molar-refractivity contribution in [1.29, 1.82) is 0 Å². The Morgan fingerprint density at radius 3 is 2.12 bits per heavy atom. The predicted molar refractivity (Wildman–Crippen MR) is 73.6 cm³/mol. The van der Waals surface area contributed by atoms with E-state index in [1.807, 2.05) is 12.1 Å². The summed E-state index contributed by atoms with van der Waals surface area (Å²) in [7, 11) is 0. The van der Waals surface area contributed by atoms with Crippen molar-refractivity contribution < 1.29 is 0 Å². The summed E-state index contributed by atoms with van der Waals surface area (Å²) >= 11 is 4.97. The van der Waals surface area contributed by atoms with Gasteiger partial charge in [-0.05, 0) is 23.1 Å². The molecule has 88 valence electrons. The topological polar surface area (TPSA) is 28.7 Å². The van der Waals surface area contributed by atoms with E-state index in [-0.39, 0.29) is 5.41 Å². The summed E-state index contributed by atoms with van der Waals surface area (Å²) in [6.45, 7) is 6.63. The van der Waals surface area contributed by atoms with Gasteiger partial charge in [0.25, 0.3) is 0 Å². The molecular weight excluding hydrogens is 228 g/mol. The number of nitrogens with one attached hydrogen (secondary N) is 1. The third-order valence-electron chi connectivity index (χ3n) is 2.73. The largest absolute Gasteiger partial charge is 0.267 e. The highest BCUT2D eigenvalue weighted by Gasteiger charge is 2.13. The normalized spacial score (nSPS) is 11.5. The van der Waals surface area contributed by atoms with Crippen LogP contribution in [0.2, 0.25) is 0 Å². The third kappa shape index (κ3) is 2.80. The van der Waals surface area contributed by atoms with Gasteiger partial charge in [-0.25, -0.2) is 0 Å². The van der Waals surface area contributed by atoms with E-state index in [1.54, 1.807) is 0 Å². The third-order valence-corrected chi connectivity index (χ3v) is 2.95. The van der Waals surface area contributed by atoms with Crippen molar-refractivity contribution in [3.05, 3.63) is 46.6 Å². The van der Waals surface area contributed by atoms with Crippen LogP contribution in [0.1, 0.15) is 26.3 Å². The summed E-state index contributed by atoms with van der Waals surface area (Å²) in [6.07, 6.45) is 0. The smallest absolute Gasteiger partial charge is 0.119 e. The standard InChI is InChI=1S/C14H16N2S/c1-14(2,3)11-6-4-10(5-7-11)12-8-9-13(17)16-15-12/h4-9H,1-3H3,(H,16,17). The highest BCUT2D eigenvalue weighted by Crippen LogP contribution is 2.24. The van der Waals surface area contributed by atoms with Gasteiger partial charge in [0.05, 0.1) is 5.69 Å². The molecule has 1 aromatic carbocycles. The Morgan fingerprint density at radius 1 is 1.00 bits per heavy atom. The second-order valence-electron chi connectivity index (χ2n) is 5.13. The summed E-state index contributed by atoms with van der Waals surface area (Å²) in [5.41, 5.74) is 3.52. The van der Waals surface area contributed by atoms with Crippen molar-refractivity contribution in [2.75, 3.05) is 0 Å². The molecule has 0 atom stereocenters. The second-order valence-corrected chi connectivity index (χ2v) is 5.57. The van der Waals surface area contributed by atoms with Crippen LogP contribution in [-0.2, 0) is 5.41 Å². The maximum atomic E-state index is 4.97. The maximum Gasteiger partial charge on any atom is 0.119 e. The number of benzene rings is 1. The minimum atomic E-state index is 0.183. The molecule has 2 nitrogen and oxygen atoms in total. The first-order chi connectivity index (χ1) is 7.97. The molecule has 0 amide bonds. The highest BCUT2D eigenvalue weighted by molar-refractivity contribution is 7.71. The fraction of sp³-hybridized carbons (Fsp3) is 0.286. The van der Waals surface area contributed by atoms with E-state index in [2.05, 4.69) is 55.2 Å². The lowest BCUT2D eigenvalue weighted by Gasteiger charge is -2.19. The summed E-state index contributed by atoms with van der Waals surface area (Å²) < 4.78 is 0.653. The first-order valence-corrected chi connectivity index (χ1v) is 6.04. The molecule has 2 rings (SSSR count). The highest BCUT2D eigenvalue weighted by atomic mass is 32.1. The van der Waals surface area contributed by atoms with Gasteiger partial charge in [0, 0.05) is 5.56 Å². The zero-order valence-electron chi connectivity index (χ0n) is 10.3. The van der Waals surface area contributed by atoms with Crippen molar-refractivity contribution in [1.82, 2.24) is 10.2 Å². The number of aromatic amines is 1. The fourth-order valence-corrected chi connectivity index (χ4v) is 1.76. The molecule has 17 heavy (non-hydrogen) atoms. The number of hydrogen-bond acceptors (Lipinski definition) is 2. The molecule has 0 fully saturated rings. The quantitative estimate of drug-likeness (QED) is 0.765. The molecule has 0 aliphatic rings. The van der Waals surface area contributed by atoms with Gasteiger partial charge in [-0.15, -0.1) is 0 Å². The number of rotatable bonds is 1. The summed E-state index contributed by atoms with van der Waals surface area (Å²) in [4.78, 5) is 0. The average Bonchev–Trinajstić information content (AvgIpc) is 2.29. The fourth-order valence-electron chi connectivity index (χ4n) is 1.65. The van der Waals surface area contributed by atoms with E-state index in [9.17, 15) is 0 Å². The Balaban J connectivity index is 2.36. The summed E-state index contributed by atoms with van der Waals surface area (Å²) in [5, 5.41) is 7.02. The number of H-pyrrole nitrogens is 1. The van der Waals surface area contributed by atoms with Gasteiger partial charge in [-0.3, -0.25) is 5.10 Å². The van der Waals surface area contributed by atoms with E-state index >= 15 is 0 Å². The summed E-state index contributed by atoms with van der Waals surface area (Å²) in [5.74, 6) is 0. The van der Waals surface area contributed by atoms with Gasteiger partial charge in [-0.2, -0.15) is 5.10 Å². The Hall–Kier alpha value is -1.48. The Labute approximate surface area is 107 Å². The van der Waals surface area contributed by atoms with E-state index in [4.69, 9.17) is 12.2 Å². The Kier molecular flexibility index (Phi) is 3.11. The van der Waals surface area contributed by atoms with Gasteiger partial charge in [0.1, 0.15) is 4.64 Å². The molecule has 0 saturated heterocycles. The van der Waals surface area contributed by atoms with Crippen LogP contribution >= 0.6 is 12.2 Å². The number of hydrogen-bond donors (Lipinski definition) is 1. The van der Waals surface area contributed by atoms with Crippen molar-refractivity contribution in [2.24, 2.45) is 0 Å². The molecule has 3 heteroatoms. The zero-order valence-corrected chi connectivity index (χ0v) is 11.1. The van der Waals surface area contributed by atoms with Crippen LogP contribution in [0.4, 0.5) is 0 Å². The summed E-state index contributed by atoms with van der Waals surface area (Å²) in [6, 6.07) is 12.3. The molecule has 0 unspecified atom stereocenters. The van der Waals surface area contributed by atoms with Crippen molar-refractivity contribution in [3.8, 4) is 11.3 Å².